The maximum atomic E-state index is 12.3. The number of carbonyl (C=O) groups is 2. The fourth-order valence-electron chi connectivity index (χ4n) is 2.44. The van der Waals surface area contributed by atoms with Crippen LogP contribution in [-0.2, 0) is 4.79 Å². The monoisotopic (exact) mass is 243 g/mol. The van der Waals surface area contributed by atoms with E-state index < -0.39 is 5.92 Å². The Morgan fingerprint density at radius 1 is 1.33 bits per heavy atom. The van der Waals surface area contributed by atoms with Crippen molar-refractivity contribution in [1.82, 2.24) is 4.90 Å². The normalized spacial score (nSPS) is 19.1. The van der Waals surface area contributed by atoms with Crippen LogP contribution in [0.5, 0.6) is 0 Å². The van der Waals surface area contributed by atoms with Gasteiger partial charge in [0.25, 0.3) is 0 Å². The summed E-state index contributed by atoms with van der Waals surface area (Å²) in [5, 5.41) is 0. The zero-order chi connectivity index (χ0) is 13.3. The Balaban J connectivity index is 2.27. The molecule has 18 heavy (non-hydrogen) atoms. The van der Waals surface area contributed by atoms with Crippen LogP contribution in [0.4, 0.5) is 0 Å². The summed E-state index contributed by atoms with van der Waals surface area (Å²) in [6.45, 7) is 8.08. The van der Waals surface area contributed by atoms with Crippen LogP contribution in [-0.4, -0.2) is 23.1 Å². The number of amides is 1. The molecule has 1 atom stereocenters. The third-order valence-corrected chi connectivity index (χ3v) is 3.28. The topological polar surface area (TPSA) is 37.4 Å². The van der Waals surface area contributed by atoms with Crippen LogP contribution in [0.25, 0.3) is 0 Å². The fraction of sp³-hybridized carbons (Fsp3) is 0.333. The van der Waals surface area contributed by atoms with Crippen molar-refractivity contribution in [3.8, 4) is 0 Å². The average molecular weight is 243 g/mol. The van der Waals surface area contributed by atoms with Crippen LogP contribution in [0.15, 0.2) is 31.0 Å². The molecule has 1 aliphatic heterocycles. The summed E-state index contributed by atoms with van der Waals surface area (Å²) in [6, 6.07) is 5.71. The van der Waals surface area contributed by atoms with Gasteiger partial charge in [0.1, 0.15) is 5.92 Å². The van der Waals surface area contributed by atoms with Crippen LogP contribution in [0.2, 0.25) is 0 Å². The van der Waals surface area contributed by atoms with Crippen molar-refractivity contribution in [1.29, 1.82) is 0 Å². The predicted molar refractivity (Wildman–Crippen MR) is 70.3 cm³/mol. The molecule has 1 aliphatic rings. The number of ketones is 1. The number of likely N-dealkylation sites (tertiary alicyclic amines) is 1. The van der Waals surface area contributed by atoms with E-state index in [0.717, 1.165) is 11.1 Å². The number of benzene rings is 1. The van der Waals surface area contributed by atoms with Crippen molar-refractivity contribution >= 4 is 11.7 Å². The third kappa shape index (κ3) is 2.21. The molecule has 0 saturated carbocycles. The molecule has 94 valence electrons. The Kier molecular flexibility index (Phi) is 3.32. The molecule has 2 rings (SSSR count). The van der Waals surface area contributed by atoms with Crippen LogP contribution < -0.4 is 0 Å². The summed E-state index contributed by atoms with van der Waals surface area (Å²) in [5.41, 5.74) is 2.73. The van der Waals surface area contributed by atoms with Crippen molar-refractivity contribution in [2.45, 2.75) is 20.3 Å². The van der Waals surface area contributed by atoms with Gasteiger partial charge >= 0.3 is 0 Å². The molecular formula is C15H17NO2. The van der Waals surface area contributed by atoms with Crippen molar-refractivity contribution in [2.75, 3.05) is 6.54 Å². The first-order valence-corrected chi connectivity index (χ1v) is 6.08. The zero-order valence-corrected chi connectivity index (χ0v) is 10.8. The van der Waals surface area contributed by atoms with E-state index in [-0.39, 0.29) is 11.7 Å². The van der Waals surface area contributed by atoms with Gasteiger partial charge in [-0.15, -0.1) is 0 Å². The number of rotatable bonds is 3. The molecule has 0 spiro atoms. The SMILES string of the molecule is C=CN1CCC(C(=O)c2cc(C)cc(C)c2)C1=O. The van der Waals surface area contributed by atoms with Crippen molar-refractivity contribution < 1.29 is 9.59 Å². The van der Waals surface area contributed by atoms with Gasteiger partial charge in [0, 0.05) is 12.1 Å². The van der Waals surface area contributed by atoms with E-state index in [4.69, 9.17) is 0 Å². The van der Waals surface area contributed by atoms with E-state index in [2.05, 4.69) is 6.58 Å². The second-order valence-corrected chi connectivity index (χ2v) is 4.80. The van der Waals surface area contributed by atoms with Gasteiger partial charge in [-0.3, -0.25) is 9.59 Å². The van der Waals surface area contributed by atoms with Crippen LogP contribution in [0.1, 0.15) is 27.9 Å². The molecule has 1 aromatic carbocycles. The highest BCUT2D eigenvalue weighted by Gasteiger charge is 2.36. The highest BCUT2D eigenvalue weighted by molar-refractivity contribution is 6.11. The maximum Gasteiger partial charge on any atom is 0.237 e. The summed E-state index contributed by atoms with van der Waals surface area (Å²) < 4.78 is 0. The molecule has 1 saturated heterocycles. The second-order valence-electron chi connectivity index (χ2n) is 4.80. The van der Waals surface area contributed by atoms with E-state index in [0.29, 0.717) is 18.5 Å². The molecule has 0 radical (unpaired) electrons. The number of Topliss-reactive ketones (excluding diaryl/α,β-unsaturated/α-hetero) is 1. The minimum absolute atomic E-state index is 0.0730. The molecule has 1 heterocycles. The number of aryl methyl sites for hydroxylation is 2. The van der Waals surface area contributed by atoms with Gasteiger partial charge in [0.2, 0.25) is 5.91 Å². The number of hydrogen-bond acceptors (Lipinski definition) is 2. The molecule has 0 aromatic heterocycles. The first-order chi connectivity index (χ1) is 8.52. The molecule has 1 aromatic rings. The number of hydrogen-bond donors (Lipinski definition) is 0. The summed E-state index contributed by atoms with van der Waals surface area (Å²) in [5.74, 6) is -0.741. The number of carbonyl (C=O) groups excluding carboxylic acids is 2. The van der Waals surface area contributed by atoms with Gasteiger partial charge in [-0.1, -0.05) is 23.8 Å². The molecule has 3 heteroatoms. The van der Waals surface area contributed by atoms with E-state index in [1.165, 1.54) is 11.1 Å². The van der Waals surface area contributed by atoms with Gasteiger partial charge in [-0.2, -0.15) is 0 Å². The Morgan fingerprint density at radius 3 is 2.44 bits per heavy atom. The van der Waals surface area contributed by atoms with Gasteiger partial charge in [-0.05, 0) is 38.6 Å². The largest absolute Gasteiger partial charge is 0.319 e. The lowest BCUT2D eigenvalue weighted by molar-refractivity contribution is -0.127. The molecule has 0 N–H and O–H groups in total. The number of nitrogens with zero attached hydrogens (tertiary/aromatic N) is 1. The van der Waals surface area contributed by atoms with Gasteiger partial charge < -0.3 is 4.90 Å². The summed E-state index contributed by atoms with van der Waals surface area (Å²) in [4.78, 5) is 25.8. The minimum atomic E-state index is -0.538. The summed E-state index contributed by atoms with van der Waals surface area (Å²) >= 11 is 0. The van der Waals surface area contributed by atoms with E-state index >= 15 is 0 Å². The van der Waals surface area contributed by atoms with Gasteiger partial charge in [0.15, 0.2) is 5.78 Å². The third-order valence-electron chi connectivity index (χ3n) is 3.28. The Bertz CT molecular complexity index is 499. The zero-order valence-electron chi connectivity index (χ0n) is 10.8. The Labute approximate surface area is 107 Å². The van der Waals surface area contributed by atoms with Crippen LogP contribution in [0.3, 0.4) is 0 Å². The highest BCUT2D eigenvalue weighted by atomic mass is 16.2. The lowest BCUT2D eigenvalue weighted by Crippen LogP contribution is -2.26. The average Bonchev–Trinajstić information content (AvgIpc) is 2.68. The first-order valence-electron chi connectivity index (χ1n) is 6.08. The predicted octanol–water partition coefficient (Wildman–Crippen LogP) is 2.48. The fourth-order valence-corrected chi connectivity index (χ4v) is 2.44. The van der Waals surface area contributed by atoms with E-state index in [1.54, 1.807) is 0 Å². The second kappa shape index (κ2) is 4.77. The van der Waals surface area contributed by atoms with E-state index in [9.17, 15) is 9.59 Å². The molecule has 1 unspecified atom stereocenters. The van der Waals surface area contributed by atoms with Gasteiger partial charge in [0.05, 0.1) is 0 Å². The summed E-state index contributed by atoms with van der Waals surface area (Å²) in [6.07, 6.45) is 2.08. The molecule has 0 bridgehead atoms. The lowest BCUT2D eigenvalue weighted by atomic mass is 9.94. The van der Waals surface area contributed by atoms with Crippen LogP contribution >= 0.6 is 0 Å². The minimum Gasteiger partial charge on any atom is -0.319 e. The molecule has 1 fully saturated rings. The van der Waals surface area contributed by atoms with E-state index in [1.807, 2.05) is 32.0 Å². The quantitative estimate of drug-likeness (QED) is 0.604. The first kappa shape index (κ1) is 12.6. The Hall–Kier alpha value is -1.90. The molecule has 3 nitrogen and oxygen atoms in total. The Morgan fingerprint density at radius 2 is 1.94 bits per heavy atom. The van der Waals surface area contributed by atoms with Gasteiger partial charge in [-0.25, -0.2) is 0 Å². The maximum absolute atomic E-state index is 12.3. The summed E-state index contributed by atoms with van der Waals surface area (Å²) in [7, 11) is 0. The van der Waals surface area contributed by atoms with Crippen LogP contribution in [0, 0.1) is 19.8 Å². The molecule has 0 aliphatic carbocycles. The lowest BCUT2D eigenvalue weighted by Gasteiger charge is -2.11. The highest BCUT2D eigenvalue weighted by Crippen LogP contribution is 2.23. The standard InChI is InChI=1S/C15H17NO2/c1-4-16-6-5-13(15(16)18)14(17)12-8-10(2)7-11(3)9-12/h4,7-9,13H,1,5-6H2,2-3H3. The van der Waals surface area contributed by atoms with Crippen molar-refractivity contribution in [3.63, 3.8) is 0 Å². The molecule has 1 amide bonds. The molecular weight excluding hydrogens is 226 g/mol. The van der Waals surface area contributed by atoms with Crippen molar-refractivity contribution in [2.24, 2.45) is 5.92 Å². The smallest absolute Gasteiger partial charge is 0.237 e. The van der Waals surface area contributed by atoms with Crippen molar-refractivity contribution in [3.05, 3.63) is 47.7 Å².